The fourth-order valence-corrected chi connectivity index (χ4v) is 4.91. The second-order valence-electron chi connectivity index (χ2n) is 8.21. The molecule has 2 atom stereocenters. The molecule has 0 spiro atoms. The summed E-state index contributed by atoms with van der Waals surface area (Å²) >= 11 is 0. The number of aryl methyl sites for hydroxylation is 2. The number of pyridine rings is 1. The van der Waals surface area contributed by atoms with Crippen molar-refractivity contribution < 1.29 is 21.8 Å². The quantitative estimate of drug-likeness (QED) is 0.378. The molecule has 0 saturated carbocycles. The van der Waals surface area contributed by atoms with Gasteiger partial charge in [-0.25, -0.2) is 18.4 Å². The Hall–Kier alpha value is -2.82. The summed E-state index contributed by atoms with van der Waals surface area (Å²) in [5, 5.41) is 8.61. The van der Waals surface area contributed by atoms with E-state index in [4.69, 9.17) is 0 Å². The van der Waals surface area contributed by atoms with Gasteiger partial charge in [0.2, 0.25) is 5.67 Å². The molecule has 0 radical (unpaired) electrons. The Morgan fingerprint density at radius 1 is 1.06 bits per heavy atom. The fraction of sp³-hybridized carbons (Fsp3) is 0.409. The maximum absolute atomic E-state index is 14.4. The first-order valence-electron chi connectivity index (χ1n) is 10.3. The summed E-state index contributed by atoms with van der Waals surface area (Å²) in [5.41, 5.74) is 1.13. The van der Waals surface area contributed by atoms with Gasteiger partial charge in [-0.2, -0.15) is 23.4 Å². The maximum atomic E-state index is 14.4. The lowest BCUT2D eigenvalue weighted by Gasteiger charge is -2.23. The van der Waals surface area contributed by atoms with Crippen LogP contribution < -0.4 is 0 Å². The first-order valence-corrected chi connectivity index (χ1v) is 11.6. The minimum absolute atomic E-state index is 0.0294. The van der Waals surface area contributed by atoms with Crippen LogP contribution in [0.15, 0.2) is 23.4 Å². The van der Waals surface area contributed by atoms with Crippen molar-refractivity contribution in [2.45, 2.75) is 58.3 Å². The average Bonchev–Trinajstić information content (AvgIpc) is 3.36. The van der Waals surface area contributed by atoms with Gasteiger partial charge in [0, 0.05) is 17.0 Å². The average molecular weight is 482 g/mol. The lowest BCUT2D eigenvalue weighted by atomic mass is 10.00. The highest BCUT2D eigenvalue weighted by Crippen LogP contribution is 2.42. The molecule has 4 aromatic rings. The lowest BCUT2D eigenvalue weighted by Crippen LogP contribution is -2.35. The molecule has 4 aromatic heterocycles. The maximum Gasteiger partial charge on any atom is 0.426 e. The van der Waals surface area contributed by atoms with Gasteiger partial charge < -0.3 is 0 Å². The Balaban J connectivity index is 1.99. The minimum Gasteiger partial charge on any atom is -0.254 e. The summed E-state index contributed by atoms with van der Waals surface area (Å²) in [6.07, 6.45) is -2.77. The molecule has 11 heteroatoms. The number of aromatic nitrogens is 5. The molecule has 4 rings (SSSR count). The molecule has 0 bridgehead atoms. The minimum atomic E-state index is -5.10. The smallest absolute Gasteiger partial charge is 0.254 e. The van der Waals surface area contributed by atoms with Gasteiger partial charge in [-0.05, 0) is 57.4 Å². The number of imidazole rings is 1. The SMILES string of the molecule is CCS(=O)c1c(-c2cn3ncc(C(C)(F)C(F)(F)F)cc3n2)nn2c(C)c(C)c(C)c(C)c12. The van der Waals surface area contributed by atoms with Crippen LogP contribution >= 0.6 is 0 Å². The van der Waals surface area contributed by atoms with E-state index in [0.29, 0.717) is 29.0 Å². The number of hydrogen-bond acceptors (Lipinski definition) is 4. The number of hydrogen-bond donors (Lipinski definition) is 0. The van der Waals surface area contributed by atoms with Crippen LogP contribution in [0.2, 0.25) is 0 Å². The van der Waals surface area contributed by atoms with Crippen molar-refractivity contribution in [2.24, 2.45) is 0 Å². The van der Waals surface area contributed by atoms with Crippen LogP contribution in [0.4, 0.5) is 17.6 Å². The summed E-state index contributed by atoms with van der Waals surface area (Å²) in [4.78, 5) is 4.88. The third kappa shape index (κ3) is 3.44. The van der Waals surface area contributed by atoms with E-state index >= 15 is 0 Å². The molecule has 0 saturated heterocycles. The van der Waals surface area contributed by atoms with E-state index in [1.165, 1.54) is 10.7 Å². The molecule has 0 N–H and O–H groups in total. The molecule has 4 heterocycles. The zero-order chi connectivity index (χ0) is 24.5. The Bertz CT molecular complexity index is 1430. The predicted octanol–water partition coefficient (Wildman–Crippen LogP) is 5.15. The van der Waals surface area contributed by atoms with Gasteiger partial charge in [-0.1, -0.05) is 6.92 Å². The van der Waals surface area contributed by atoms with Gasteiger partial charge in [0.25, 0.3) is 0 Å². The van der Waals surface area contributed by atoms with Crippen molar-refractivity contribution in [1.82, 2.24) is 24.2 Å². The summed E-state index contributed by atoms with van der Waals surface area (Å²) in [5.74, 6) is 0.349. The molecule has 0 aliphatic heterocycles. The second kappa shape index (κ2) is 7.61. The summed E-state index contributed by atoms with van der Waals surface area (Å²) < 4.78 is 70.0. The highest BCUT2D eigenvalue weighted by Gasteiger charge is 2.53. The van der Waals surface area contributed by atoms with E-state index < -0.39 is 28.2 Å². The van der Waals surface area contributed by atoms with Crippen molar-refractivity contribution in [1.29, 1.82) is 0 Å². The van der Waals surface area contributed by atoms with E-state index in [0.717, 1.165) is 40.2 Å². The van der Waals surface area contributed by atoms with Crippen molar-refractivity contribution in [3.63, 3.8) is 0 Å². The van der Waals surface area contributed by atoms with Gasteiger partial charge >= 0.3 is 6.18 Å². The van der Waals surface area contributed by atoms with E-state index in [1.54, 1.807) is 11.4 Å². The Labute approximate surface area is 190 Å². The third-order valence-corrected chi connectivity index (χ3v) is 7.68. The van der Waals surface area contributed by atoms with Gasteiger partial charge in [-0.3, -0.25) is 4.21 Å². The van der Waals surface area contributed by atoms with Crippen molar-refractivity contribution in [3.05, 3.63) is 46.4 Å². The number of halogens is 4. The number of nitrogens with zero attached hydrogens (tertiary/aromatic N) is 5. The van der Waals surface area contributed by atoms with Crippen LogP contribution in [-0.4, -0.2) is 40.4 Å². The highest BCUT2D eigenvalue weighted by molar-refractivity contribution is 7.85. The molecule has 0 aliphatic carbocycles. The van der Waals surface area contributed by atoms with Crippen LogP contribution in [0.1, 0.15) is 41.8 Å². The predicted molar refractivity (Wildman–Crippen MR) is 118 cm³/mol. The zero-order valence-corrected chi connectivity index (χ0v) is 19.8. The van der Waals surface area contributed by atoms with E-state index in [2.05, 4.69) is 15.2 Å². The molecule has 176 valence electrons. The van der Waals surface area contributed by atoms with Gasteiger partial charge in [-0.15, -0.1) is 0 Å². The van der Waals surface area contributed by atoms with Crippen molar-refractivity contribution in [3.8, 4) is 11.4 Å². The second-order valence-corrected chi connectivity index (χ2v) is 9.88. The monoisotopic (exact) mass is 481 g/mol. The number of alkyl halides is 4. The van der Waals surface area contributed by atoms with Crippen LogP contribution in [-0.2, 0) is 16.5 Å². The van der Waals surface area contributed by atoms with Crippen LogP contribution in [0.25, 0.3) is 22.6 Å². The Kier molecular flexibility index (Phi) is 5.38. The fourth-order valence-electron chi connectivity index (χ4n) is 3.80. The first kappa shape index (κ1) is 23.3. The summed E-state index contributed by atoms with van der Waals surface area (Å²) in [6, 6.07) is 1.01. The first-order chi connectivity index (χ1) is 15.3. The standard InChI is InChI=1S/C22H23F4N5OS/c1-7-33(32)20-18(29-31-14(5)12(3)11(2)13(4)19(20)31)16-10-30-17(28-16)8-15(9-27-30)21(6,23)22(24,25)26/h8-10H,7H2,1-6H3. The molecule has 6 nitrogen and oxygen atoms in total. The molecular formula is C22H23F4N5OS. The van der Waals surface area contributed by atoms with Crippen molar-refractivity contribution >= 4 is 22.0 Å². The number of fused-ring (bicyclic) bond motifs is 2. The molecule has 0 fully saturated rings. The number of rotatable bonds is 4. The van der Waals surface area contributed by atoms with Gasteiger partial charge in [0.05, 0.1) is 33.6 Å². The van der Waals surface area contributed by atoms with Crippen LogP contribution in [0.5, 0.6) is 0 Å². The topological polar surface area (TPSA) is 64.6 Å². The normalized spacial score (nSPS) is 15.3. The molecule has 33 heavy (non-hydrogen) atoms. The van der Waals surface area contributed by atoms with E-state index in [9.17, 15) is 21.8 Å². The lowest BCUT2D eigenvalue weighted by molar-refractivity contribution is -0.228. The summed E-state index contributed by atoms with van der Waals surface area (Å²) in [6.45, 7) is 10.1. The third-order valence-electron chi connectivity index (χ3n) is 6.31. The molecule has 2 unspecified atom stereocenters. The van der Waals surface area contributed by atoms with Gasteiger partial charge in [0.15, 0.2) is 5.65 Å². The van der Waals surface area contributed by atoms with Crippen LogP contribution in [0, 0.1) is 27.7 Å². The molecule has 0 amide bonds. The van der Waals surface area contributed by atoms with E-state index in [-0.39, 0.29) is 5.65 Å². The highest BCUT2D eigenvalue weighted by atomic mass is 32.2. The molecule has 0 aliphatic rings. The Morgan fingerprint density at radius 2 is 1.73 bits per heavy atom. The van der Waals surface area contributed by atoms with Gasteiger partial charge in [0.1, 0.15) is 11.4 Å². The summed E-state index contributed by atoms with van der Waals surface area (Å²) in [7, 11) is -1.39. The zero-order valence-electron chi connectivity index (χ0n) is 19.0. The van der Waals surface area contributed by atoms with Crippen LogP contribution in [0.3, 0.4) is 0 Å². The Morgan fingerprint density at radius 3 is 2.33 bits per heavy atom. The molecular weight excluding hydrogens is 458 g/mol. The van der Waals surface area contributed by atoms with Crippen molar-refractivity contribution in [2.75, 3.05) is 5.75 Å². The largest absolute Gasteiger partial charge is 0.426 e. The molecule has 0 aromatic carbocycles. The van der Waals surface area contributed by atoms with E-state index in [1.807, 2.05) is 27.7 Å².